The Balaban J connectivity index is 1.68. The number of ether oxygens (including phenoxy) is 1. The molecule has 3 N–H and O–H groups in total. The summed E-state index contributed by atoms with van der Waals surface area (Å²) in [6.07, 6.45) is 1.55. The second kappa shape index (κ2) is 7.29. The summed E-state index contributed by atoms with van der Waals surface area (Å²) in [7, 11) is 0. The highest BCUT2D eigenvalue weighted by atomic mass is 35.5. The van der Waals surface area contributed by atoms with Gasteiger partial charge in [-0.2, -0.15) is 5.10 Å². The van der Waals surface area contributed by atoms with Gasteiger partial charge in [-0.3, -0.25) is 14.9 Å². The van der Waals surface area contributed by atoms with E-state index in [1.165, 1.54) is 0 Å². The first-order valence-corrected chi connectivity index (χ1v) is 8.27. The molecule has 1 saturated heterocycles. The fourth-order valence-electron chi connectivity index (χ4n) is 2.49. The third kappa shape index (κ3) is 3.58. The lowest BCUT2D eigenvalue weighted by Crippen LogP contribution is -2.33. The molecule has 1 aliphatic heterocycles. The van der Waals surface area contributed by atoms with Gasteiger partial charge in [0.2, 0.25) is 0 Å². The van der Waals surface area contributed by atoms with Crippen LogP contribution < -0.4 is 10.6 Å². The lowest BCUT2D eigenvalue weighted by Gasteiger charge is -2.23. The van der Waals surface area contributed by atoms with Gasteiger partial charge in [0.15, 0.2) is 0 Å². The van der Waals surface area contributed by atoms with Crippen LogP contribution in [0.15, 0.2) is 18.3 Å². The number of H-pyrrole nitrogens is 1. The number of rotatable bonds is 4. The maximum atomic E-state index is 12.3. The van der Waals surface area contributed by atoms with Gasteiger partial charge < -0.3 is 15.4 Å². The van der Waals surface area contributed by atoms with Crippen molar-refractivity contribution in [3.8, 4) is 0 Å². The van der Waals surface area contributed by atoms with E-state index in [0.29, 0.717) is 23.0 Å². The number of hydrogen-bond acceptors (Lipinski definition) is 5. The average Bonchev–Trinajstić information content (AvgIpc) is 2.98. The van der Waals surface area contributed by atoms with Crippen molar-refractivity contribution in [3.63, 3.8) is 0 Å². The molecule has 0 aromatic carbocycles. The Morgan fingerprint density at radius 2 is 2.29 bits per heavy atom. The monoisotopic (exact) mass is 349 g/mol. The van der Waals surface area contributed by atoms with Crippen LogP contribution in [-0.4, -0.2) is 40.8 Å². The zero-order valence-corrected chi connectivity index (χ0v) is 14.4. The van der Waals surface area contributed by atoms with Crippen LogP contribution in [0.2, 0.25) is 5.02 Å². The lowest BCUT2D eigenvalue weighted by atomic mass is 10.1. The number of hydrogen-bond donors (Lipinski definition) is 3. The summed E-state index contributed by atoms with van der Waals surface area (Å²) in [6.45, 7) is 6.19. The molecule has 3 rings (SSSR count). The van der Waals surface area contributed by atoms with Crippen LogP contribution in [0.1, 0.15) is 47.7 Å². The fraction of sp³-hybridized carbons (Fsp3) is 0.438. The van der Waals surface area contributed by atoms with E-state index in [4.69, 9.17) is 16.3 Å². The van der Waals surface area contributed by atoms with Crippen LogP contribution >= 0.6 is 11.6 Å². The average molecular weight is 350 g/mol. The molecule has 3 heterocycles. The SMILES string of the molecule is CC(C)c1n[nH]c(C(=O)Nc2ccc(C3CNCCO3)nc2)c1Cl. The Kier molecular flexibility index (Phi) is 5.13. The van der Waals surface area contributed by atoms with Crippen LogP contribution in [-0.2, 0) is 4.74 Å². The number of pyridine rings is 1. The lowest BCUT2D eigenvalue weighted by molar-refractivity contribution is 0.0250. The van der Waals surface area contributed by atoms with Crippen LogP contribution in [0.4, 0.5) is 5.69 Å². The molecule has 7 nitrogen and oxygen atoms in total. The van der Waals surface area contributed by atoms with E-state index in [0.717, 1.165) is 18.8 Å². The summed E-state index contributed by atoms with van der Waals surface area (Å²) in [5.41, 5.74) is 2.35. The van der Waals surface area contributed by atoms with Crippen molar-refractivity contribution < 1.29 is 9.53 Å². The van der Waals surface area contributed by atoms with Crippen molar-refractivity contribution >= 4 is 23.2 Å². The summed E-state index contributed by atoms with van der Waals surface area (Å²) in [6, 6.07) is 3.65. The molecule has 0 saturated carbocycles. The zero-order chi connectivity index (χ0) is 17.1. The standard InChI is InChI=1S/C16H20ClN5O2/c1-9(2)14-13(17)15(22-21-14)16(23)20-10-3-4-11(19-7-10)12-8-18-5-6-24-12/h3-4,7,9,12,18H,5-6,8H2,1-2H3,(H,20,23)(H,21,22). The van der Waals surface area contributed by atoms with Crippen molar-refractivity contribution in [2.24, 2.45) is 0 Å². The molecule has 0 radical (unpaired) electrons. The topological polar surface area (TPSA) is 91.9 Å². The number of nitrogens with zero attached hydrogens (tertiary/aromatic N) is 2. The molecule has 24 heavy (non-hydrogen) atoms. The van der Waals surface area contributed by atoms with Crippen molar-refractivity contribution in [3.05, 3.63) is 40.4 Å². The van der Waals surface area contributed by atoms with Gasteiger partial charge in [-0.1, -0.05) is 25.4 Å². The highest BCUT2D eigenvalue weighted by Gasteiger charge is 2.20. The number of nitrogens with one attached hydrogen (secondary N) is 3. The Hall–Kier alpha value is -1.96. The Bertz CT molecular complexity index is 708. The van der Waals surface area contributed by atoms with E-state index in [-0.39, 0.29) is 23.6 Å². The molecule has 1 unspecified atom stereocenters. The predicted molar refractivity (Wildman–Crippen MR) is 91.4 cm³/mol. The molecule has 2 aromatic rings. The molecule has 2 aromatic heterocycles. The number of halogens is 1. The van der Waals surface area contributed by atoms with Gasteiger partial charge in [0.05, 0.1) is 34.9 Å². The Labute approximate surface area is 145 Å². The maximum absolute atomic E-state index is 12.3. The summed E-state index contributed by atoms with van der Waals surface area (Å²) < 4.78 is 5.65. The number of morpholine rings is 1. The first kappa shape index (κ1) is 16.9. The third-order valence-corrected chi connectivity index (χ3v) is 4.19. The van der Waals surface area contributed by atoms with Gasteiger partial charge >= 0.3 is 0 Å². The molecule has 1 amide bonds. The van der Waals surface area contributed by atoms with Crippen LogP contribution in [0, 0.1) is 0 Å². The number of anilines is 1. The minimum Gasteiger partial charge on any atom is -0.369 e. The van der Waals surface area contributed by atoms with Gasteiger partial charge in [0, 0.05) is 13.1 Å². The van der Waals surface area contributed by atoms with E-state index in [2.05, 4.69) is 25.8 Å². The molecule has 0 aliphatic carbocycles. The number of carbonyl (C=O) groups is 1. The highest BCUT2D eigenvalue weighted by Crippen LogP contribution is 2.25. The molecule has 1 fully saturated rings. The Morgan fingerprint density at radius 3 is 2.88 bits per heavy atom. The second-order valence-corrected chi connectivity index (χ2v) is 6.32. The highest BCUT2D eigenvalue weighted by molar-refractivity contribution is 6.34. The summed E-state index contributed by atoms with van der Waals surface area (Å²) in [4.78, 5) is 16.7. The van der Waals surface area contributed by atoms with Crippen LogP contribution in [0.3, 0.4) is 0 Å². The Morgan fingerprint density at radius 1 is 1.46 bits per heavy atom. The van der Waals surface area contributed by atoms with Crippen molar-refractivity contribution in [2.45, 2.75) is 25.9 Å². The molecule has 0 spiro atoms. The van der Waals surface area contributed by atoms with E-state index >= 15 is 0 Å². The predicted octanol–water partition coefficient (Wildman–Crippen LogP) is 2.49. The molecule has 1 atom stereocenters. The van der Waals surface area contributed by atoms with Crippen LogP contribution in [0.25, 0.3) is 0 Å². The summed E-state index contributed by atoms with van der Waals surface area (Å²) >= 11 is 6.21. The zero-order valence-electron chi connectivity index (χ0n) is 13.6. The minimum atomic E-state index is -0.343. The van der Waals surface area contributed by atoms with Crippen molar-refractivity contribution in [1.29, 1.82) is 0 Å². The van der Waals surface area contributed by atoms with Gasteiger partial charge in [-0.05, 0) is 18.1 Å². The maximum Gasteiger partial charge on any atom is 0.275 e. The van der Waals surface area contributed by atoms with E-state index in [1.807, 2.05) is 19.9 Å². The second-order valence-electron chi connectivity index (χ2n) is 5.94. The number of amides is 1. The molecule has 8 heteroatoms. The van der Waals surface area contributed by atoms with Gasteiger partial charge in [-0.25, -0.2) is 0 Å². The first-order chi connectivity index (χ1) is 11.6. The van der Waals surface area contributed by atoms with E-state index < -0.39 is 0 Å². The van der Waals surface area contributed by atoms with Gasteiger partial charge in [0.1, 0.15) is 11.8 Å². The van der Waals surface area contributed by atoms with Crippen LogP contribution in [0.5, 0.6) is 0 Å². The van der Waals surface area contributed by atoms with E-state index in [1.54, 1.807) is 12.3 Å². The molecule has 128 valence electrons. The van der Waals surface area contributed by atoms with Gasteiger partial charge in [0.25, 0.3) is 5.91 Å². The number of carbonyl (C=O) groups excluding carboxylic acids is 1. The van der Waals surface area contributed by atoms with E-state index in [9.17, 15) is 4.79 Å². The summed E-state index contributed by atoms with van der Waals surface area (Å²) in [5.74, 6) is -0.204. The fourth-order valence-corrected chi connectivity index (χ4v) is 2.88. The smallest absolute Gasteiger partial charge is 0.275 e. The minimum absolute atomic E-state index is 0.0563. The number of aromatic nitrogens is 3. The largest absolute Gasteiger partial charge is 0.369 e. The first-order valence-electron chi connectivity index (χ1n) is 7.89. The number of aromatic amines is 1. The molecule has 0 bridgehead atoms. The third-order valence-electron chi connectivity index (χ3n) is 3.81. The van der Waals surface area contributed by atoms with Crippen molar-refractivity contribution in [1.82, 2.24) is 20.5 Å². The van der Waals surface area contributed by atoms with Gasteiger partial charge in [-0.15, -0.1) is 0 Å². The summed E-state index contributed by atoms with van der Waals surface area (Å²) in [5, 5.41) is 13.2. The molecular weight excluding hydrogens is 330 g/mol. The van der Waals surface area contributed by atoms with Crippen molar-refractivity contribution in [2.75, 3.05) is 25.0 Å². The quantitative estimate of drug-likeness (QED) is 0.788. The molecule has 1 aliphatic rings. The normalized spacial score (nSPS) is 17.9. The molecular formula is C16H20ClN5O2.